The van der Waals surface area contributed by atoms with Crippen LogP contribution in [-0.2, 0) is 6.54 Å². The largest absolute Gasteiger partial charge is 0.469 e. The fourth-order valence-electron chi connectivity index (χ4n) is 1.63. The van der Waals surface area contributed by atoms with E-state index in [1.54, 1.807) is 24.3 Å². The maximum absolute atomic E-state index is 11.9. The van der Waals surface area contributed by atoms with Crippen molar-refractivity contribution in [3.05, 3.63) is 45.5 Å². The molecule has 104 valence electrons. The molecule has 0 saturated heterocycles. The lowest BCUT2D eigenvalue weighted by molar-refractivity contribution is 0.0950. The van der Waals surface area contributed by atoms with Gasteiger partial charge in [0.1, 0.15) is 12.0 Å². The summed E-state index contributed by atoms with van der Waals surface area (Å²) in [5.41, 5.74) is 1.42. The first-order valence-electron chi connectivity index (χ1n) is 6.20. The zero-order valence-electron chi connectivity index (χ0n) is 11.1. The van der Waals surface area contributed by atoms with Crippen LogP contribution in [0.2, 0.25) is 0 Å². The molecule has 0 atom stereocenters. The van der Waals surface area contributed by atoms with Crippen molar-refractivity contribution in [1.82, 2.24) is 5.32 Å². The van der Waals surface area contributed by atoms with Crippen LogP contribution in [-0.4, -0.2) is 17.6 Å². The van der Waals surface area contributed by atoms with Crippen molar-refractivity contribution >= 4 is 17.2 Å². The molecular formula is C15H15NO3S. The standard InChI is InChI=1S/C15H15NO3S/c1-11-8-13(10-19-11)15(18)16-9-14-12(5-7-20-14)4-2-3-6-17/h5,7-8,10,17H,3,6,9H2,1H3,(H,16,18). The van der Waals surface area contributed by atoms with Crippen LogP contribution < -0.4 is 5.32 Å². The van der Waals surface area contributed by atoms with Gasteiger partial charge >= 0.3 is 0 Å². The number of nitrogens with one attached hydrogen (secondary N) is 1. The van der Waals surface area contributed by atoms with E-state index in [0.29, 0.717) is 24.3 Å². The van der Waals surface area contributed by atoms with Gasteiger partial charge in [0.25, 0.3) is 5.91 Å². The Labute approximate surface area is 121 Å². The second-order valence-corrected chi connectivity index (χ2v) is 5.16. The molecule has 0 bridgehead atoms. The summed E-state index contributed by atoms with van der Waals surface area (Å²) in [6.07, 6.45) is 1.90. The second kappa shape index (κ2) is 6.94. The fraction of sp³-hybridized carbons (Fsp3) is 0.267. The normalized spacial score (nSPS) is 9.90. The second-order valence-electron chi connectivity index (χ2n) is 4.16. The maximum Gasteiger partial charge on any atom is 0.254 e. The minimum Gasteiger partial charge on any atom is -0.469 e. The zero-order valence-corrected chi connectivity index (χ0v) is 11.9. The van der Waals surface area contributed by atoms with E-state index in [1.807, 2.05) is 11.4 Å². The number of aryl methyl sites for hydroxylation is 1. The monoisotopic (exact) mass is 289 g/mol. The number of hydrogen-bond acceptors (Lipinski definition) is 4. The number of thiophene rings is 1. The lowest BCUT2D eigenvalue weighted by Crippen LogP contribution is -2.22. The summed E-state index contributed by atoms with van der Waals surface area (Å²) in [6.45, 7) is 2.29. The number of aliphatic hydroxyl groups is 1. The minimum absolute atomic E-state index is 0.0586. The Kier molecular flexibility index (Phi) is 4.99. The summed E-state index contributed by atoms with van der Waals surface area (Å²) in [4.78, 5) is 12.9. The summed E-state index contributed by atoms with van der Waals surface area (Å²) < 4.78 is 5.11. The molecule has 0 aliphatic rings. The van der Waals surface area contributed by atoms with Crippen LogP contribution in [0, 0.1) is 18.8 Å². The molecule has 0 radical (unpaired) electrons. The number of carbonyl (C=O) groups is 1. The van der Waals surface area contributed by atoms with Crippen LogP contribution >= 0.6 is 11.3 Å². The Morgan fingerprint density at radius 3 is 3.10 bits per heavy atom. The van der Waals surface area contributed by atoms with Gasteiger partial charge in [-0.1, -0.05) is 11.8 Å². The summed E-state index contributed by atoms with van der Waals surface area (Å²) in [6, 6.07) is 3.62. The summed E-state index contributed by atoms with van der Waals surface area (Å²) in [5, 5.41) is 13.5. The Bertz CT molecular complexity index is 645. The van der Waals surface area contributed by atoms with Gasteiger partial charge in [-0.2, -0.15) is 0 Å². The maximum atomic E-state index is 11.9. The predicted octanol–water partition coefficient (Wildman–Crippen LogP) is 2.31. The van der Waals surface area contributed by atoms with Crippen molar-refractivity contribution in [3.8, 4) is 11.8 Å². The first-order valence-corrected chi connectivity index (χ1v) is 7.08. The van der Waals surface area contributed by atoms with E-state index < -0.39 is 0 Å². The first kappa shape index (κ1) is 14.4. The van der Waals surface area contributed by atoms with Gasteiger partial charge in [-0.15, -0.1) is 11.3 Å². The quantitative estimate of drug-likeness (QED) is 0.849. The molecule has 20 heavy (non-hydrogen) atoms. The molecule has 2 heterocycles. The topological polar surface area (TPSA) is 62.5 Å². The number of hydrogen-bond donors (Lipinski definition) is 2. The third-order valence-corrected chi connectivity index (χ3v) is 3.53. The molecule has 0 spiro atoms. The molecular weight excluding hydrogens is 274 g/mol. The van der Waals surface area contributed by atoms with E-state index in [-0.39, 0.29) is 12.5 Å². The van der Waals surface area contributed by atoms with E-state index in [4.69, 9.17) is 9.52 Å². The zero-order chi connectivity index (χ0) is 14.4. The Morgan fingerprint density at radius 2 is 2.40 bits per heavy atom. The number of amides is 1. The average molecular weight is 289 g/mol. The van der Waals surface area contributed by atoms with E-state index in [2.05, 4.69) is 17.2 Å². The van der Waals surface area contributed by atoms with Crippen molar-refractivity contribution in [1.29, 1.82) is 0 Å². The molecule has 0 aliphatic carbocycles. The van der Waals surface area contributed by atoms with Gasteiger partial charge in [0, 0.05) is 16.9 Å². The van der Waals surface area contributed by atoms with Gasteiger partial charge in [-0.05, 0) is 24.4 Å². The summed E-state index contributed by atoms with van der Waals surface area (Å²) in [5.74, 6) is 6.42. The van der Waals surface area contributed by atoms with Crippen molar-refractivity contribution in [3.63, 3.8) is 0 Å². The third kappa shape index (κ3) is 3.73. The molecule has 2 N–H and O–H groups in total. The average Bonchev–Trinajstić information content (AvgIpc) is 3.05. The number of carbonyl (C=O) groups excluding carboxylic acids is 1. The number of rotatable bonds is 4. The van der Waals surface area contributed by atoms with Crippen molar-refractivity contribution in [2.45, 2.75) is 19.9 Å². The van der Waals surface area contributed by atoms with E-state index in [1.165, 1.54) is 6.26 Å². The predicted molar refractivity (Wildman–Crippen MR) is 77.5 cm³/mol. The Balaban J connectivity index is 1.96. The van der Waals surface area contributed by atoms with Gasteiger partial charge in [0.15, 0.2) is 0 Å². The molecule has 1 amide bonds. The lowest BCUT2D eigenvalue weighted by Gasteiger charge is -2.02. The Hall–Kier alpha value is -2.03. The molecule has 0 aromatic carbocycles. The molecule has 0 fully saturated rings. The van der Waals surface area contributed by atoms with Crippen LogP contribution in [0.5, 0.6) is 0 Å². The molecule has 2 aromatic heterocycles. The molecule has 0 unspecified atom stereocenters. The Morgan fingerprint density at radius 1 is 1.55 bits per heavy atom. The van der Waals surface area contributed by atoms with Crippen molar-refractivity contribution in [2.75, 3.05) is 6.61 Å². The minimum atomic E-state index is -0.162. The molecule has 4 nitrogen and oxygen atoms in total. The van der Waals surface area contributed by atoms with Crippen molar-refractivity contribution in [2.24, 2.45) is 0 Å². The van der Waals surface area contributed by atoms with E-state index in [0.717, 1.165) is 10.4 Å². The van der Waals surface area contributed by atoms with Gasteiger partial charge in [-0.25, -0.2) is 0 Å². The smallest absolute Gasteiger partial charge is 0.254 e. The van der Waals surface area contributed by atoms with Gasteiger partial charge < -0.3 is 14.8 Å². The van der Waals surface area contributed by atoms with Crippen LogP contribution in [0.15, 0.2) is 28.2 Å². The van der Waals surface area contributed by atoms with Crippen LogP contribution in [0.4, 0.5) is 0 Å². The summed E-state index contributed by atoms with van der Waals surface area (Å²) in [7, 11) is 0. The van der Waals surface area contributed by atoms with Crippen LogP contribution in [0.1, 0.15) is 33.0 Å². The van der Waals surface area contributed by atoms with Crippen molar-refractivity contribution < 1.29 is 14.3 Å². The third-order valence-electron chi connectivity index (χ3n) is 2.61. The molecule has 5 heteroatoms. The lowest BCUT2D eigenvalue weighted by atomic mass is 10.2. The van der Waals surface area contributed by atoms with E-state index >= 15 is 0 Å². The van der Waals surface area contributed by atoms with Crippen LogP contribution in [0.25, 0.3) is 0 Å². The number of aliphatic hydroxyl groups excluding tert-OH is 1. The SMILES string of the molecule is Cc1cc(C(=O)NCc2sccc2C#CCCO)co1. The van der Waals surface area contributed by atoms with Gasteiger partial charge in [-0.3, -0.25) is 4.79 Å². The highest BCUT2D eigenvalue weighted by Crippen LogP contribution is 2.16. The van der Waals surface area contributed by atoms with Gasteiger partial charge in [0.2, 0.25) is 0 Å². The molecule has 0 saturated carbocycles. The van der Waals surface area contributed by atoms with Gasteiger partial charge in [0.05, 0.1) is 18.7 Å². The fourth-order valence-corrected chi connectivity index (χ4v) is 2.40. The molecule has 2 rings (SSSR count). The first-order chi connectivity index (χ1) is 9.70. The highest BCUT2D eigenvalue weighted by Gasteiger charge is 2.09. The molecule has 0 aliphatic heterocycles. The van der Waals surface area contributed by atoms with E-state index in [9.17, 15) is 4.79 Å². The number of furan rings is 1. The molecule has 2 aromatic rings. The highest BCUT2D eigenvalue weighted by molar-refractivity contribution is 7.10. The summed E-state index contributed by atoms with van der Waals surface area (Å²) >= 11 is 1.55. The highest BCUT2D eigenvalue weighted by atomic mass is 32.1. The van der Waals surface area contributed by atoms with Crippen LogP contribution in [0.3, 0.4) is 0 Å².